The van der Waals surface area contributed by atoms with Crippen molar-refractivity contribution in [3.63, 3.8) is 0 Å². The predicted octanol–water partition coefficient (Wildman–Crippen LogP) is 1.44. The first-order valence-corrected chi connectivity index (χ1v) is 4.97. The van der Waals surface area contributed by atoms with Gasteiger partial charge in [0.15, 0.2) is 0 Å². The monoisotopic (exact) mass is 236 g/mol. The summed E-state index contributed by atoms with van der Waals surface area (Å²) < 4.78 is 36.9. The smallest absolute Gasteiger partial charge is 0.337 e. The molecule has 0 fully saturated rings. The minimum Gasteiger partial charge on any atom is -0.337 e. The molecule has 1 amide bonds. The van der Waals surface area contributed by atoms with E-state index in [2.05, 4.69) is 0 Å². The van der Waals surface area contributed by atoms with Crippen molar-refractivity contribution in [1.82, 2.24) is 4.90 Å². The van der Waals surface area contributed by atoms with E-state index in [0.29, 0.717) is 0 Å². The molecule has 0 aromatic carbocycles. The van der Waals surface area contributed by atoms with E-state index >= 15 is 0 Å². The Labute approximate surface area is 92.1 Å². The average molecular weight is 236 g/mol. The van der Waals surface area contributed by atoms with Crippen molar-refractivity contribution in [3.8, 4) is 0 Å². The molecule has 0 saturated carbocycles. The molecule has 0 saturated heterocycles. The summed E-state index contributed by atoms with van der Waals surface area (Å²) in [5, 5.41) is 0. The van der Waals surface area contributed by atoms with Crippen LogP contribution in [0.4, 0.5) is 13.2 Å². The van der Waals surface area contributed by atoms with Crippen molar-refractivity contribution in [2.24, 2.45) is 5.73 Å². The third kappa shape index (κ3) is 2.98. The van der Waals surface area contributed by atoms with Gasteiger partial charge in [-0.05, 0) is 20.3 Å². The molecule has 16 heavy (non-hydrogen) atoms. The van der Waals surface area contributed by atoms with Crippen LogP contribution in [-0.2, 0) is 4.79 Å². The molecule has 0 radical (unpaired) electrons. The van der Waals surface area contributed by atoms with Crippen molar-refractivity contribution in [3.05, 3.63) is 11.6 Å². The molecule has 0 aromatic heterocycles. The SMILES string of the molecule is CC(C)(N)C(=O)N1CC=C(C(F)(F)F)CC1. The highest BCUT2D eigenvalue weighted by Crippen LogP contribution is 2.30. The number of halogens is 3. The number of carbonyl (C=O) groups is 1. The Hall–Kier alpha value is -1.04. The van der Waals surface area contributed by atoms with Gasteiger partial charge >= 0.3 is 6.18 Å². The molecule has 2 N–H and O–H groups in total. The number of hydrogen-bond donors (Lipinski definition) is 1. The Balaban J connectivity index is 2.69. The van der Waals surface area contributed by atoms with Crippen molar-refractivity contribution in [1.29, 1.82) is 0 Å². The lowest BCUT2D eigenvalue weighted by molar-refractivity contribution is -0.136. The maximum Gasteiger partial charge on any atom is 0.412 e. The van der Waals surface area contributed by atoms with E-state index < -0.39 is 17.3 Å². The van der Waals surface area contributed by atoms with Crippen LogP contribution in [-0.4, -0.2) is 35.6 Å². The summed E-state index contributed by atoms with van der Waals surface area (Å²) in [5.74, 6) is -0.329. The fourth-order valence-electron chi connectivity index (χ4n) is 1.52. The van der Waals surface area contributed by atoms with Gasteiger partial charge in [-0.25, -0.2) is 0 Å². The number of rotatable bonds is 1. The molecule has 1 heterocycles. The van der Waals surface area contributed by atoms with Crippen molar-refractivity contribution in [2.45, 2.75) is 32.0 Å². The molecular weight excluding hydrogens is 221 g/mol. The lowest BCUT2D eigenvalue weighted by atomic mass is 10.0. The van der Waals surface area contributed by atoms with Gasteiger partial charge in [0.05, 0.1) is 5.54 Å². The number of alkyl halides is 3. The quantitative estimate of drug-likeness (QED) is 0.700. The minimum atomic E-state index is -4.28. The van der Waals surface area contributed by atoms with Gasteiger partial charge in [-0.3, -0.25) is 4.79 Å². The molecule has 0 atom stereocenters. The molecule has 1 aliphatic heterocycles. The second kappa shape index (κ2) is 4.08. The Kier molecular flexibility index (Phi) is 3.33. The third-order valence-corrected chi connectivity index (χ3v) is 2.41. The molecule has 0 spiro atoms. The molecule has 1 aliphatic rings. The van der Waals surface area contributed by atoms with Gasteiger partial charge < -0.3 is 10.6 Å². The second-order valence-corrected chi connectivity index (χ2v) is 4.45. The van der Waals surface area contributed by atoms with Gasteiger partial charge in [0.1, 0.15) is 0 Å². The van der Waals surface area contributed by atoms with Crippen molar-refractivity contribution >= 4 is 5.91 Å². The summed E-state index contributed by atoms with van der Waals surface area (Å²) in [6.07, 6.45) is -3.40. The number of nitrogens with two attached hydrogens (primary N) is 1. The molecule has 0 unspecified atom stereocenters. The summed E-state index contributed by atoms with van der Waals surface area (Å²) in [6, 6.07) is 0. The number of hydrogen-bond acceptors (Lipinski definition) is 2. The molecule has 92 valence electrons. The summed E-state index contributed by atoms with van der Waals surface area (Å²) in [6.45, 7) is 3.13. The van der Waals surface area contributed by atoms with Crippen LogP contribution in [0.3, 0.4) is 0 Å². The van der Waals surface area contributed by atoms with Crippen LogP contribution in [0, 0.1) is 0 Å². The third-order valence-electron chi connectivity index (χ3n) is 2.41. The zero-order valence-corrected chi connectivity index (χ0v) is 9.27. The largest absolute Gasteiger partial charge is 0.412 e. The summed E-state index contributed by atoms with van der Waals surface area (Å²) >= 11 is 0. The maximum absolute atomic E-state index is 12.3. The summed E-state index contributed by atoms with van der Waals surface area (Å²) in [7, 11) is 0. The van der Waals surface area contributed by atoms with Gasteiger partial charge in [0, 0.05) is 18.7 Å². The average Bonchev–Trinajstić information content (AvgIpc) is 2.14. The van der Waals surface area contributed by atoms with Crippen LogP contribution in [0.15, 0.2) is 11.6 Å². The predicted molar refractivity (Wildman–Crippen MR) is 53.6 cm³/mol. The molecule has 0 aliphatic carbocycles. The fourth-order valence-corrected chi connectivity index (χ4v) is 1.52. The summed E-state index contributed by atoms with van der Waals surface area (Å²) in [4.78, 5) is 13.0. The first kappa shape index (κ1) is 13.0. The van der Waals surface area contributed by atoms with E-state index in [0.717, 1.165) is 6.08 Å². The van der Waals surface area contributed by atoms with Crippen LogP contribution < -0.4 is 5.73 Å². The van der Waals surface area contributed by atoms with Gasteiger partial charge in [0.25, 0.3) is 0 Å². The molecule has 0 aromatic rings. The van der Waals surface area contributed by atoms with E-state index in [-0.39, 0.29) is 25.4 Å². The Bertz CT molecular complexity index is 315. The maximum atomic E-state index is 12.3. The van der Waals surface area contributed by atoms with Crippen LogP contribution in [0.1, 0.15) is 20.3 Å². The lowest BCUT2D eigenvalue weighted by Crippen LogP contribution is -2.52. The topological polar surface area (TPSA) is 46.3 Å². The van der Waals surface area contributed by atoms with Crippen molar-refractivity contribution in [2.75, 3.05) is 13.1 Å². The van der Waals surface area contributed by atoms with Gasteiger partial charge in [-0.1, -0.05) is 6.08 Å². The second-order valence-electron chi connectivity index (χ2n) is 4.45. The standard InChI is InChI=1S/C10H15F3N2O/c1-9(2,14)8(16)15-5-3-7(4-6-15)10(11,12)13/h3H,4-6,14H2,1-2H3. The number of carbonyl (C=O) groups excluding carboxylic acids is 1. The van der Waals surface area contributed by atoms with E-state index in [4.69, 9.17) is 5.73 Å². The molecule has 0 bridgehead atoms. The van der Waals surface area contributed by atoms with Crippen molar-refractivity contribution < 1.29 is 18.0 Å². The zero-order chi connectivity index (χ0) is 12.6. The summed E-state index contributed by atoms with van der Waals surface area (Å²) in [5.41, 5.74) is 3.99. The van der Waals surface area contributed by atoms with Crippen LogP contribution >= 0.6 is 0 Å². The highest BCUT2D eigenvalue weighted by Gasteiger charge is 2.37. The zero-order valence-electron chi connectivity index (χ0n) is 9.27. The first-order chi connectivity index (χ1) is 7.12. The van der Waals surface area contributed by atoms with E-state index in [1.807, 2.05) is 0 Å². The molecule has 6 heteroatoms. The van der Waals surface area contributed by atoms with E-state index in [1.165, 1.54) is 4.90 Å². The Morgan fingerprint density at radius 1 is 1.44 bits per heavy atom. The highest BCUT2D eigenvalue weighted by molar-refractivity contribution is 5.85. The van der Waals surface area contributed by atoms with E-state index in [9.17, 15) is 18.0 Å². The Morgan fingerprint density at radius 3 is 2.31 bits per heavy atom. The Morgan fingerprint density at radius 2 is 2.00 bits per heavy atom. The first-order valence-electron chi connectivity index (χ1n) is 4.97. The van der Waals surface area contributed by atoms with E-state index in [1.54, 1.807) is 13.8 Å². The number of amides is 1. The van der Waals surface area contributed by atoms with Gasteiger partial charge in [0.2, 0.25) is 5.91 Å². The molecular formula is C10H15F3N2O. The van der Waals surface area contributed by atoms with Crippen LogP contribution in [0.2, 0.25) is 0 Å². The molecule has 1 rings (SSSR count). The molecule has 3 nitrogen and oxygen atoms in total. The van der Waals surface area contributed by atoms with Gasteiger partial charge in [-0.15, -0.1) is 0 Å². The highest BCUT2D eigenvalue weighted by atomic mass is 19.4. The van der Waals surface area contributed by atoms with Crippen LogP contribution in [0.25, 0.3) is 0 Å². The fraction of sp³-hybridized carbons (Fsp3) is 0.700. The lowest BCUT2D eigenvalue weighted by Gasteiger charge is -2.32. The number of nitrogens with zero attached hydrogens (tertiary/aromatic N) is 1. The van der Waals surface area contributed by atoms with Crippen LogP contribution in [0.5, 0.6) is 0 Å². The minimum absolute atomic E-state index is 0.0195. The van der Waals surface area contributed by atoms with Gasteiger partial charge in [-0.2, -0.15) is 13.2 Å². The normalized spacial score (nSPS) is 18.4.